The average molecular weight is 396 g/mol. The van der Waals surface area contributed by atoms with Crippen LogP contribution < -0.4 is 4.74 Å². The van der Waals surface area contributed by atoms with Crippen LogP contribution in [-0.4, -0.2) is 32.9 Å². The fourth-order valence-electron chi connectivity index (χ4n) is 4.40. The van der Waals surface area contributed by atoms with Crippen molar-refractivity contribution in [3.8, 4) is 5.75 Å². The van der Waals surface area contributed by atoms with Gasteiger partial charge in [-0.25, -0.2) is 8.42 Å². The molecule has 5 heteroatoms. The molecule has 2 aromatic rings. The molecule has 1 saturated heterocycles. The fourth-order valence-corrected chi connectivity index (χ4v) is 5.89. The maximum Gasteiger partial charge on any atom is 0.243 e. The van der Waals surface area contributed by atoms with E-state index in [1.807, 2.05) is 50.2 Å². The summed E-state index contributed by atoms with van der Waals surface area (Å²) in [5, 5.41) is 0. The van der Waals surface area contributed by atoms with Crippen LogP contribution in [0.1, 0.15) is 18.1 Å². The number of methoxy groups -OCH3 is 1. The van der Waals surface area contributed by atoms with Crippen LogP contribution in [0.15, 0.2) is 71.2 Å². The van der Waals surface area contributed by atoms with Gasteiger partial charge in [-0.15, -0.1) is 0 Å². The molecule has 0 N–H and O–H groups in total. The smallest absolute Gasteiger partial charge is 0.243 e. The minimum Gasteiger partial charge on any atom is -0.497 e. The SMILES string of the molecule is C=C(C)C1=C(c2ccc(OC)cc2)C2CN(S(=O)(=O)c3ccc(C)cc3)CC12. The highest BCUT2D eigenvalue weighted by Crippen LogP contribution is 2.54. The Bertz CT molecular complexity index is 1050. The summed E-state index contributed by atoms with van der Waals surface area (Å²) in [7, 11) is -1.84. The van der Waals surface area contributed by atoms with E-state index in [1.165, 1.54) is 11.1 Å². The van der Waals surface area contributed by atoms with E-state index >= 15 is 0 Å². The van der Waals surface area contributed by atoms with Gasteiger partial charge in [0.05, 0.1) is 12.0 Å². The second-order valence-electron chi connectivity index (χ2n) is 7.68. The van der Waals surface area contributed by atoms with Gasteiger partial charge in [0.25, 0.3) is 0 Å². The summed E-state index contributed by atoms with van der Waals surface area (Å²) in [4.78, 5) is 0.363. The van der Waals surface area contributed by atoms with E-state index in [1.54, 1.807) is 23.5 Å². The molecule has 1 aliphatic heterocycles. The van der Waals surface area contributed by atoms with E-state index < -0.39 is 10.0 Å². The van der Waals surface area contributed by atoms with Gasteiger partial charge in [-0.3, -0.25) is 0 Å². The van der Waals surface area contributed by atoms with Gasteiger partial charge in [0, 0.05) is 24.9 Å². The Kier molecular flexibility index (Phi) is 4.68. The van der Waals surface area contributed by atoms with Gasteiger partial charge in [-0.05, 0) is 54.8 Å². The Morgan fingerprint density at radius 2 is 1.64 bits per heavy atom. The Morgan fingerprint density at radius 3 is 2.21 bits per heavy atom. The topological polar surface area (TPSA) is 46.6 Å². The molecular formula is C23H25NO3S. The normalized spacial score (nSPS) is 22.0. The van der Waals surface area contributed by atoms with Crippen molar-refractivity contribution in [2.45, 2.75) is 18.7 Å². The van der Waals surface area contributed by atoms with E-state index in [4.69, 9.17) is 4.74 Å². The van der Waals surface area contributed by atoms with Crippen molar-refractivity contribution in [2.24, 2.45) is 11.8 Å². The number of rotatable bonds is 5. The number of hydrogen-bond acceptors (Lipinski definition) is 3. The summed E-state index contributed by atoms with van der Waals surface area (Å²) < 4.78 is 33.2. The molecule has 1 fully saturated rings. The zero-order chi connectivity index (χ0) is 20.1. The quantitative estimate of drug-likeness (QED) is 0.759. The first-order chi connectivity index (χ1) is 13.3. The second kappa shape index (κ2) is 6.90. The van der Waals surface area contributed by atoms with Gasteiger partial charge >= 0.3 is 0 Å². The molecule has 146 valence electrons. The van der Waals surface area contributed by atoms with E-state index in [2.05, 4.69) is 6.58 Å². The van der Waals surface area contributed by atoms with Crippen molar-refractivity contribution in [1.29, 1.82) is 0 Å². The molecule has 1 aliphatic carbocycles. The van der Waals surface area contributed by atoms with Crippen molar-refractivity contribution in [1.82, 2.24) is 4.31 Å². The maximum absolute atomic E-state index is 13.1. The average Bonchev–Trinajstić information content (AvgIpc) is 3.02. The molecule has 0 spiro atoms. The van der Waals surface area contributed by atoms with Crippen LogP contribution in [0, 0.1) is 18.8 Å². The van der Waals surface area contributed by atoms with Crippen LogP contribution in [0.5, 0.6) is 5.75 Å². The van der Waals surface area contributed by atoms with Crippen molar-refractivity contribution >= 4 is 15.6 Å². The first kappa shape index (κ1) is 19.0. The molecule has 28 heavy (non-hydrogen) atoms. The number of hydrogen-bond donors (Lipinski definition) is 0. The van der Waals surface area contributed by atoms with E-state index in [-0.39, 0.29) is 11.8 Å². The van der Waals surface area contributed by atoms with Crippen molar-refractivity contribution in [3.63, 3.8) is 0 Å². The number of fused-ring (bicyclic) bond motifs is 1. The van der Waals surface area contributed by atoms with Crippen LogP contribution in [-0.2, 0) is 10.0 Å². The summed E-state index contributed by atoms with van der Waals surface area (Å²) in [6.45, 7) is 9.14. The molecule has 0 amide bonds. The Morgan fingerprint density at radius 1 is 1.04 bits per heavy atom. The van der Waals surface area contributed by atoms with E-state index in [0.717, 1.165) is 22.4 Å². The third-order valence-corrected chi connectivity index (χ3v) is 7.68. The molecular weight excluding hydrogens is 370 g/mol. The number of allylic oxidation sites excluding steroid dienone is 1. The highest BCUT2D eigenvalue weighted by molar-refractivity contribution is 7.89. The van der Waals surface area contributed by atoms with Gasteiger partial charge in [0.2, 0.25) is 10.0 Å². The molecule has 0 bridgehead atoms. The molecule has 2 aromatic carbocycles. The van der Waals surface area contributed by atoms with Gasteiger partial charge in [0.1, 0.15) is 5.75 Å². The van der Waals surface area contributed by atoms with E-state index in [0.29, 0.717) is 18.0 Å². The lowest BCUT2D eigenvalue weighted by atomic mass is 9.65. The highest BCUT2D eigenvalue weighted by Gasteiger charge is 2.50. The number of aryl methyl sites for hydroxylation is 1. The fraction of sp³-hybridized carbons (Fsp3) is 0.304. The lowest BCUT2D eigenvalue weighted by Crippen LogP contribution is -2.29. The molecule has 2 unspecified atom stereocenters. The van der Waals surface area contributed by atoms with Crippen molar-refractivity contribution in [2.75, 3.05) is 20.2 Å². The molecule has 2 aliphatic rings. The van der Waals surface area contributed by atoms with Gasteiger partial charge in [-0.1, -0.05) is 42.0 Å². The summed E-state index contributed by atoms with van der Waals surface area (Å²) in [5.41, 5.74) is 5.61. The molecule has 2 atom stereocenters. The Balaban J connectivity index is 1.64. The second-order valence-corrected chi connectivity index (χ2v) is 9.62. The minimum absolute atomic E-state index is 0.209. The molecule has 4 rings (SSSR count). The molecule has 1 heterocycles. The zero-order valence-electron chi connectivity index (χ0n) is 16.5. The molecule has 0 radical (unpaired) electrons. The summed E-state index contributed by atoms with van der Waals surface area (Å²) in [5.74, 6) is 1.24. The van der Waals surface area contributed by atoms with Crippen molar-refractivity contribution < 1.29 is 13.2 Å². The van der Waals surface area contributed by atoms with Gasteiger partial charge < -0.3 is 4.74 Å². The number of nitrogens with zero attached hydrogens (tertiary/aromatic N) is 1. The third-order valence-electron chi connectivity index (χ3n) is 5.84. The van der Waals surface area contributed by atoms with Crippen LogP contribution in [0.25, 0.3) is 5.57 Å². The summed E-state index contributed by atoms with van der Waals surface area (Å²) in [6, 6.07) is 15.1. The third kappa shape index (κ3) is 2.99. The summed E-state index contributed by atoms with van der Waals surface area (Å²) in [6.07, 6.45) is 0. The largest absolute Gasteiger partial charge is 0.497 e. The minimum atomic E-state index is -3.49. The van der Waals surface area contributed by atoms with Crippen LogP contribution in [0.4, 0.5) is 0 Å². The highest BCUT2D eigenvalue weighted by atomic mass is 32.2. The predicted molar refractivity (Wildman–Crippen MR) is 112 cm³/mol. The molecule has 0 aromatic heterocycles. The molecule has 0 saturated carbocycles. The monoisotopic (exact) mass is 395 g/mol. The summed E-state index contributed by atoms with van der Waals surface area (Å²) >= 11 is 0. The first-order valence-electron chi connectivity index (χ1n) is 9.44. The van der Waals surface area contributed by atoms with E-state index in [9.17, 15) is 8.42 Å². The van der Waals surface area contributed by atoms with Crippen LogP contribution in [0.3, 0.4) is 0 Å². The lowest BCUT2D eigenvalue weighted by Gasteiger charge is -2.37. The lowest BCUT2D eigenvalue weighted by molar-refractivity contribution is 0.414. The predicted octanol–water partition coefficient (Wildman–Crippen LogP) is 4.28. The van der Waals surface area contributed by atoms with Crippen LogP contribution >= 0.6 is 0 Å². The Labute approximate surface area is 167 Å². The van der Waals surface area contributed by atoms with Gasteiger partial charge in [0.15, 0.2) is 0 Å². The zero-order valence-corrected chi connectivity index (χ0v) is 17.3. The van der Waals surface area contributed by atoms with Crippen LogP contribution in [0.2, 0.25) is 0 Å². The number of sulfonamides is 1. The van der Waals surface area contributed by atoms with Gasteiger partial charge in [-0.2, -0.15) is 4.31 Å². The number of benzene rings is 2. The number of ether oxygens (including phenoxy) is 1. The molecule has 4 nitrogen and oxygen atoms in total. The maximum atomic E-state index is 13.1. The van der Waals surface area contributed by atoms with Crippen molar-refractivity contribution in [3.05, 3.63) is 77.4 Å². The Hall–Kier alpha value is -2.37. The first-order valence-corrected chi connectivity index (χ1v) is 10.9. The standard InChI is InChI=1S/C23H25NO3S/c1-15(2)22-20-13-24(28(25,26)19-11-5-16(3)6-12-19)14-21(20)23(22)17-7-9-18(27-4)10-8-17/h5-12,20-21H,1,13-14H2,2-4H3.